The van der Waals surface area contributed by atoms with Gasteiger partial charge in [-0.1, -0.05) is 67.7 Å². The largest absolute Gasteiger partial charge is 0.497 e. The SMILES string of the molecule is C=CCOC(=O)C1=C(C)N=c2s/c(=C/c3cn(-c4ccccc4)nc3-c3ccc(OCCCC)cc3)c(=O)n2C1c1ccc(OC)cc1. The molecule has 0 saturated heterocycles. The van der Waals surface area contributed by atoms with Gasteiger partial charge in [0.05, 0.1) is 41.2 Å². The van der Waals surface area contributed by atoms with Crippen LogP contribution in [0.1, 0.15) is 43.9 Å². The third-order valence-corrected chi connectivity index (χ3v) is 8.93. The van der Waals surface area contributed by atoms with Gasteiger partial charge in [0.2, 0.25) is 0 Å². The quantitative estimate of drug-likeness (QED) is 0.0925. The van der Waals surface area contributed by atoms with E-state index < -0.39 is 12.0 Å². The van der Waals surface area contributed by atoms with Gasteiger partial charge in [-0.05, 0) is 73.5 Å². The van der Waals surface area contributed by atoms with Crippen molar-refractivity contribution in [3.05, 3.63) is 140 Å². The zero-order valence-electron chi connectivity index (χ0n) is 27.1. The molecule has 3 aromatic carbocycles. The zero-order chi connectivity index (χ0) is 33.6. The highest BCUT2D eigenvalue weighted by molar-refractivity contribution is 7.07. The smallest absolute Gasteiger partial charge is 0.338 e. The fraction of sp³-hybridized carbons (Fsp3) is 0.211. The zero-order valence-corrected chi connectivity index (χ0v) is 27.9. The monoisotopic (exact) mass is 660 g/mol. The van der Waals surface area contributed by atoms with Crippen LogP contribution in [-0.2, 0) is 9.53 Å². The number of thiazole rings is 1. The van der Waals surface area contributed by atoms with Crippen LogP contribution in [0.25, 0.3) is 23.0 Å². The average Bonchev–Trinajstić information content (AvgIpc) is 3.67. The number of hydrogen-bond donors (Lipinski definition) is 0. The summed E-state index contributed by atoms with van der Waals surface area (Å²) in [6.45, 7) is 8.24. The number of hydrogen-bond acceptors (Lipinski definition) is 8. The van der Waals surface area contributed by atoms with Gasteiger partial charge in [-0.15, -0.1) is 0 Å². The molecule has 1 unspecified atom stereocenters. The molecule has 0 spiro atoms. The molecular weight excluding hydrogens is 625 g/mol. The number of carbonyl (C=O) groups excluding carboxylic acids is 1. The lowest BCUT2D eigenvalue weighted by Gasteiger charge is -2.24. The van der Waals surface area contributed by atoms with Crippen LogP contribution < -0.4 is 24.4 Å². The van der Waals surface area contributed by atoms with Gasteiger partial charge in [-0.3, -0.25) is 9.36 Å². The molecule has 0 saturated carbocycles. The van der Waals surface area contributed by atoms with Gasteiger partial charge in [0.15, 0.2) is 4.80 Å². The normalized spacial score (nSPS) is 14.3. The Bertz CT molecular complexity index is 2140. The van der Waals surface area contributed by atoms with Gasteiger partial charge in [-0.2, -0.15) is 5.10 Å². The summed E-state index contributed by atoms with van der Waals surface area (Å²) in [6, 6.07) is 24.2. The van der Waals surface area contributed by atoms with Crippen LogP contribution in [0.3, 0.4) is 0 Å². The van der Waals surface area contributed by atoms with Crippen molar-refractivity contribution in [1.29, 1.82) is 0 Å². The number of para-hydroxylation sites is 1. The third kappa shape index (κ3) is 6.65. The van der Waals surface area contributed by atoms with Gasteiger partial charge >= 0.3 is 5.97 Å². The minimum atomic E-state index is -0.751. The molecule has 1 aliphatic rings. The molecule has 6 rings (SSSR count). The Labute approximate surface area is 282 Å². The lowest BCUT2D eigenvalue weighted by atomic mass is 9.96. The van der Waals surface area contributed by atoms with Gasteiger partial charge in [-0.25, -0.2) is 14.5 Å². The lowest BCUT2D eigenvalue weighted by Crippen LogP contribution is -2.39. The first-order chi connectivity index (χ1) is 23.4. The first-order valence-corrected chi connectivity index (χ1v) is 16.6. The molecule has 5 aromatic rings. The van der Waals surface area contributed by atoms with Crippen molar-refractivity contribution in [1.82, 2.24) is 14.3 Å². The molecule has 0 fully saturated rings. The number of allylic oxidation sites excluding steroid dienone is 1. The fourth-order valence-electron chi connectivity index (χ4n) is 5.51. The van der Waals surface area contributed by atoms with Crippen molar-refractivity contribution >= 4 is 23.4 Å². The van der Waals surface area contributed by atoms with E-state index in [0.29, 0.717) is 38.7 Å². The molecule has 0 radical (unpaired) electrons. The summed E-state index contributed by atoms with van der Waals surface area (Å²) in [5.74, 6) is 0.895. The molecule has 10 heteroatoms. The molecule has 1 atom stereocenters. The van der Waals surface area contributed by atoms with E-state index in [1.54, 1.807) is 30.7 Å². The van der Waals surface area contributed by atoms with E-state index in [1.807, 2.05) is 83.7 Å². The van der Waals surface area contributed by atoms with Crippen LogP contribution >= 0.6 is 11.3 Å². The summed E-state index contributed by atoms with van der Waals surface area (Å²) in [4.78, 5) is 32.9. The average molecular weight is 661 g/mol. The van der Waals surface area contributed by atoms with Gasteiger partial charge in [0, 0.05) is 17.3 Å². The molecule has 0 N–H and O–H groups in total. The second kappa shape index (κ2) is 14.5. The standard InChI is InChI=1S/C38H36N4O5S/c1-5-7-22-46-31-19-13-26(14-20-31)34-28(24-41(40-34)29-11-9-8-10-12-29)23-32-36(43)42-35(27-15-17-30(45-4)18-16-27)33(37(44)47-21-6-2)25(3)39-38(42)48-32/h6,8-20,23-24,35H,2,5,7,21-22H2,1,3-4H3/b32-23+. The highest BCUT2D eigenvalue weighted by Crippen LogP contribution is 2.32. The van der Waals surface area contributed by atoms with Crippen LogP contribution in [0.5, 0.6) is 11.5 Å². The van der Waals surface area contributed by atoms with Crippen LogP contribution in [0.15, 0.2) is 119 Å². The van der Waals surface area contributed by atoms with Crippen molar-refractivity contribution in [2.75, 3.05) is 20.3 Å². The molecule has 0 bridgehead atoms. The Balaban J connectivity index is 1.49. The molecule has 1 aliphatic heterocycles. The third-order valence-electron chi connectivity index (χ3n) is 7.95. The number of aromatic nitrogens is 3. The minimum Gasteiger partial charge on any atom is -0.497 e. The minimum absolute atomic E-state index is 0.0371. The van der Waals surface area contributed by atoms with E-state index in [9.17, 15) is 9.59 Å². The number of ether oxygens (including phenoxy) is 3. The Morgan fingerprint density at radius 3 is 2.44 bits per heavy atom. The Hall–Kier alpha value is -5.48. The summed E-state index contributed by atoms with van der Waals surface area (Å²) < 4.78 is 20.5. The second-order valence-electron chi connectivity index (χ2n) is 11.2. The topological polar surface area (TPSA) is 96.9 Å². The van der Waals surface area contributed by atoms with E-state index in [-0.39, 0.29) is 12.2 Å². The summed E-state index contributed by atoms with van der Waals surface area (Å²) in [6.07, 6.45) is 7.31. The number of rotatable bonds is 12. The Morgan fingerprint density at radius 2 is 1.75 bits per heavy atom. The summed E-state index contributed by atoms with van der Waals surface area (Å²) in [7, 11) is 1.59. The maximum atomic E-state index is 14.3. The highest BCUT2D eigenvalue weighted by atomic mass is 32.1. The lowest BCUT2D eigenvalue weighted by molar-refractivity contribution is -0.138. The van der Waals surface area contributed by atoms with Crippen molar-refractivity contribution in [3.63, 3.8) is 0 Å². The molecule has 0 aliphatic carbocycles. The fourth-order valence-corrected chi connectivity index (χ4v) is 6.55. The molecule has 0 amide bonds. The molecule has 244 valence electrons. The van der Waals surface area contributed by atoms with E-state index in [2.05, 4.69) is 13.5 Å². The molecule has 9 nitrogen and oxygen atoms in total. The van der Waals surface area contributed by atoms with Crippen LogP contribution in [0, 0.1) is 0 Å². The van der Waals surface area contributed by atoms with E-state index in [4.69, 9.17) is 24.3 Å². The number of unbranched alkanes of at least 4 members (excludes halogenated alkanes) is 1. The second-order valence-corrected chi connectivity index (χ2v) is 12.2. The molecule has 3 heterocycles. The maximum absolute atomic E-state index is 14.3. The number of benzene rings is 3. The summed E-state index contributed by atoms with van der Waals surface area (Å²) >= 11 is 1.26. The number of carbonyl (C=O) groups is 1. The molecule has 48 heavy (non-hydrogen) atoms. The van der Waals surface area contributed by atoms with E-state index in [0.717, 1.165) is 41.0 Å². The molecule has 2 aromatic heterocycles. The van der Waals surface area contributed by atoms with Gasteiger partial charge in [0.1, 0.15) is 23.8 Å². The van der Waals surface area contributed by atoms with Crippen molar-refractivity contribution in [2.45, 2.75) is 32.7 Å². The van der Waals surface area contributed by atoms with Crippen LogP contribution in [0.2, 0.25) is 0 Å². The van der Waals surface area contributed by atoms with Crippen molar-refractivity contribution < 1.29 is 19.0 Å². The molecular formula is C38H36N4O5S. The maximum Gasteiger partial charge on any atom is 0.338 e. The van der Waals surface area contributed by atoms with E-state index in [1.165, 1.54) is 17.4 Å². The van der Waals surface area contributed by atoms with Crippen LogP contribution in [0.4, 0.5) is 0 Å². The Morgan fingerprint density at radius 1 is 1.02 bits per heavy atom. The predicted molar refractivity (Wildman–Crippen MR) is 187 cm³/mol. The number of nitrogens with zero attached hydrogens (tertiary/aromatic N) is 4. The predicted octanol–water partition coefficient (Wildman–Crippen LogP) is 6.00. The van der Waals surface area contributed by atoms with E-state index >= 15 is 0 Å². The van der Waals surface area contributed by atoms with Crippen molar-refractivity contribution in [2.24, 2.45) is 4.99 Å². The van der Waals surface area contributed by atoms with Gasteiger partial charge in [0.25, 0.3) is 5.56 Å². The first-order valence-electron chi connectivity index (χ1n) is 15.7. The number of methoxy groups -OCH3 is 1. The Kier molecular flexibility index (Phi) is 9.82. The van der Waals surface area contributed by atoms with Gasteiger partial charge < -0.3 is 14.2 Å². The van der Waals surface area contributed by atoms with Crippen LogP contribution in [-0.4, -0.2) is 40.6 Å². The highest BCUT2D eigenvalue weighted by Gasteiger charge is 2.33. The number of fused-ring (bicyclic) bond motifs is 1. The summed E-state index contributed by atoms with van der Waals surface area (Å²) in [5.41, 5.74) is 4.45. The number of esters is 1. The summed E-state index contributed by atoms with van der Waals surface area (Å²) in [5, 5.41) is 4.95. The van der Waals surface area contributed by atoms with Crippen molar-refractivity contribution in [3.8, 4) is 28.4 Å². The first kappa shape index (κ1) is 32.5.